The van der Waals surface area contributed by atoms with Crippen molar-refractivity contribution in [2.75, 3.05) is 153 Å². The van der Waals surface area contributed by atoms with Crippen LogP contribution in [-0.2, 0) is 45.1 Å². The summed E-state index contributed by atoms with van der Waals surface area (Å²) in [4.78, 5) is 10.7. The normalized spacial score (nSPS) is 24.0. The predicted molar refractivity (Wildman–Crippen MR) is 244 cm³/mol. The van der Waals surface area contributed by atoms with Crippen LogP contribution in [0.2, 0.25) is 0 Å². The number of ether oxygens (including phenoxy) is 4. The van der Waals surface area contributed by atoms with Crippen molar-refractivity contribution < 1.29 is 18.9 Å². The quantitative estimate of drug-likeness (QED) is 0.163. The third kappa shape index (κ3) is 15.7. The topological polar surface area (TPSA) is 98.0 Å². The Labute approximate surface area is 358 Å². The van der Waals surface area contributed by atoms with E-state index in [0.29, 0.717) is 52.9 Å². The molecule has 1 fully saturated rings. The van der Waals surface area contributed by atoms with Crippen molar-refractivity contribution in [1.82, 2.24) is 19.6 Å². The lowest BCUT2D eigenvalue weighted by Gasteiger charge is -2.34. The van der Waals surface area contributed by atoms with Crippen LogP contribution in [0.25, 0.3) is 0 Å². The van der Waals surface area contributed by atoms with Gasteiger partial charge in [0.2, 0.25) is 0 Å². The molecule has 4 aliphatic rings. The van der Waals surface area contributed by atoms with Crippen molar-refractivity contribution in [3.8, 4) is 0 Å². The number of anilines is 4. The molecule has 4 aliphatic heterocycles. The summed E-state index contributed by atoms with van der Waals surface area (Å²) < 4.78 is 23.5. The molecule has 12 heteroatoms. The maximum Gasteiger partial charge on any atom is 0.0701 e. The van der Waals surface area contributed by atoms with Crippen LogP contribution in [0.15, 0.2) is 97.1 Å². The van der Waals surface area contributed by atoms with E-state index in [2.05, 4.69) is 138 Å². The Bertz CT molecular complexity index is 1550. The largest absolute Gasteiger partial charge is 0.383 e. The van der Waals surface area contributed by atoms with E-state index in [1.165, 1.54) is 22.3 Å². The molecule has 0 radical (unpaired) electrons. The van der Waals surface area contributed by atoms with Crippen LogP contribution in [0.5, 0.6) is 0 Å². The number of fused-ring (bicyclic) bond motifs is 15. The van der Waals surface area contributed by atoms with Gasteiger partial charge in [0.1, 0.15) is 0 Å². The van der Waals surface area contributed by atoms with Gasteiger partial charge < -0.3 is 40.2 Å². The Morgan fingerprint density at radius 1 is 0.300 bits per heavy atom. The highest BCUT2D eigenvalue weighted by Crippen LogP contribution is 2.19. The van der Waals surface area contributed by atoms with E-state index in [4.69, 9.17) is 18.9 Å². The van der Waals surface area contributed by atoms with Crippen LogP contribution in [0.4, 0.5) is 22.7 Å². The Hall–Kier alpha value is -4.24. The van der Waals surface area contributed by atoms with Crippen LogP contribution < -0.4 is 21.3 Å². The zero-order valence-electron chi connectivity index (χ0n) is 35.6. The third-order valence-corrected chi connectivity index (χ3v) is 11.3. The molecule has 324 valence electrons. The van der Waals surface area contributed by atoms with E-state index in [1.54, 1.807) is 0 Å². The lowest BCUT2D eigenvalue weighted by molar-refractivity contribution is 0.0557. The molecule has 12 nitrogen and oxygen atoms in total. The van der Waals surface area contributed by atoms with Crippen molar-refractivity contribution in [3.63, 3.8) is 0 Å². The van der Waals surface area contributed by atoms with Crippen LogP contribution in [0, 0.1) is 0 Å². The van der Waals surface area contributed by atoms with Gasteiger partial charge in [-0.2, -0.15) is 0 Å². The Kier molecular flexibility index (Phi) is 18.2. The molecular weight excluding hydrogens is 753 g/mol. The summed E-state index contributed by atoms with van der Waals surface area (Å²) in [5.74, 6) is 0. The zero-order valence-corrected chi connectivity index (χ0v) is 35.6. The molecule has 4 aromatic carbocycles. The first kappa shape index (κ1) is 43.8. The van der Waals surface area contributed by atoms with Gasteiger partial charge in [-0.05, 0) is 70.8 Å². The Morgan fingerprint density at radius 3 is 0.767 bits per heavy atom. The van der Waals surface area contributed by atoms with Crippen molar-refractivity contribution in [3.05, 3.63) is 119 Å². The van der Waals surface area contributed by atoms with Gasteiger partial charge in [-0.1, -0.05) is 48.5 Å². The first-order valence-corrected chi connectivity index (χ1v) is 22.2. The fraction of sp³-hybridized carbons (Fsp3) is 0.500. The fourth-order valence-corrected chi connectivity index (χ4v) is 8.08. The molecule has 8 rings (SSSR count). The minimum atomic E-state index is 0.589. The van der Waals surface area contributed by atoms with Gasteiger partial charge >= 0.3 is 0 Å². The summed E-state index contributed by atoms with van der Waals surface area (Å²) in [6, 6.07) is 35.7. The highest BCUT2D eigenvalue weighted by Gasteiger charge is 2.19. The minimum absolute atomic E-state index is 0.589. The molecule has 0 unspecified atom stereocenters. The number of benzene rings is 4. The molecule has 4 aromatic rings. The Morgan fingerprint density at radius 2 is 0.533 bits per heavy atom. The number of hydrogen-bond donors (Lipinski definition) is 4. The molecule has 0 aliphatic carbocycles. The zero-order chi connectivity index (χ0) is 40.9. The van der Waals surface area contributed by atoms with Gasteiger partial charge in [-0.3, -0.25) is 19.6 Å². The molecule has 4 heterocycles. The van der Waals surface area contributed by atoms with Gasteiger partial charge in [-0.25, -0.2) is 0 Å². The lowest BCUT2D eigenvalue weighted by atomic mass is 10.1. The molecule has 0 amide bonds. The SMILES string of the molecule is c1cc2cc(c1)NCCOCCOCCNc1cccc(c1)CN1CCN3CCN(CCN(CC1)Cc1cccc(c1)NCCOCCOCCNc1cccc(c1)C3)C2. The molecular formula is C48H68N8O4. The van der Waals surface area contributed by atoms with Crippen molar-refractivity contribution >= 4 is 22.7 Å². The average molecular weight is 821 g/mol. The van der Waals surface area contributed by atoms with Crippen LogP contribution >= 0.6 is 0 Å². The summed E-state index contributed by atoms with van der Waals surface area (Å²) in [5, 5.41) is 14.4. The number of nitrogens with zero attached hydrogens (tertiary/aromatic N) is 4. The van der Waals surface area contributed by atoms with Gasteiger partial charge in [-0.15, -0.1) is 0 Å². The molecule has 0 spiro atoms. The van der Waals surface area contributed by atoms with Crippen molar-refractivity contribution in [2.24, 2.45) is 0 Å². The third-order valence-electron chi connectivity index (χ3n) is 11.3. The van der Waals surface area contributed by atoms with E-state index >= 15 is 0 Å². The molecule has 0 atom stereocenters. The number of nitrogens with one attached hydrogen (secondary N) is 4. The summed E-state index contributed by atoms with van der Waals surface area (Å²) >= 11 is 0. The second-order valence-corrected chi connectivity index (χ2v) is 16.1. The summed E-state index contributed by atoms with van der Waals surface area (Å²) in [6.45, 7) is 19.3. The minimum Gasteiger partial charge on any atom is -0.383 e. The second kappa shape index (κ2) is 24.9. The lowest BCUT2D eigenvalue weighted by Crippen LogP contribution is -2.45. The van der Waals surface area contributed by atoms with Gasteiger partial charge in [0.15, 0.2) is 0 Å². The van der Waals surface area contributed by atoms with Gasteiger partial charge in [0.05, 0.1) is 52.9 Å². The molecule has 60 heavy (non-hydrogen) atoms. The van der Waals surface area contributed by atoms with Gasteiger partial charge in [0.25, 0.3) is 0 Å². The second-order valence-electron chi connectivity index (χ2n) is 16.1. The average Bonchev–Trinajstić information content (AvgIpc) is 3.26. The van der Waals surface area contributed by atoms with E-state index < -0.39 is 0 Å². The smallest absolute Gasteiger partial charge is 0.0701 e. The monoisotopic (exact) mass is 821 g/mol. The molecule has 1 saturated heterocycles. The summed E-state index contributed by atoms with van der Waals surface area (Å²) in [5.41, 5.74) is 9.81. The van der Waals surface area contributed by atoms with Crippen LogP contribution in [-0.4, -0.2) is 151 Å². The van der Waals surface area contributed by atoms with Crippen molar-refractivity contribution in [2.45, 2.75) is 26.2 Å². The van der Waals surface area contributed by atoms with Crippen molar-refractivity contribution in [1.29, 1.82) is 0 Å². The van der Waals surface area contributed by atoms with E-state index in [1.807, 2.05) is 0 Å². The highest BCUT2D eigenvalue weighted by molar-refractivity contribution is 5.48. The van der Waals surface area contributed by atoms with Crippen LogP contribution in [0.3, 0.4) is 0 Å². The summed E-state index contributed by atoms with van der Waals surface area (Å²) in [7, 11) is 0. The first-order chi connectivity index (χ1) is 29.7. The molecule has 4 N–H and O–H groups in total. The number of rotatable bonds is 0. The maximum atomic E-state index is 5.89. The number of hydrogen-bond acceptors (Lipinski definition) is 12. The molecule has 12 bridgehead atoms. The van der Waals surface area contributed by atoms with Gasteiger partial charge in [0, 0.05) is 127 Å². The maximum absolute atomic E-state index is 5.89. The van der Waals surface area contributed by atoms with Crippen LogP contribution in [0.1, 0.15) is 22.3 Å². The highest BCUT2D eigenvalue weighted by atomic mass is 16.5. The standard InChI is InChI=1S/C48H68N8O4/c1-5-41-33-45(9-1)49-13-25-57-29-30-58-26-14-50-48-12-4-8-44(36-48)40-56-23-21-54-19-17-53(37-41)18-20-55(22-24-56)39-43-7-3-11-47(35-43)52-16-28-60-32-31-59-27-15-51-46-10-2-6-42(34-46)38-54/h1-12,33-36,49-52H,13-32,37-40H2. The van der Waals surface area contributed by atoms with E-state index in [-0.39, 0.29) is 0 Å². The van der Waals surface area contributed by atoms with E-state index in [0.717, 1.165) is 127 Å². The molecule has 0 saturated carbocycles. The van der Waals surface area contributed by atoms with E-state index in [9.17, 15) is 0 Å². The predicted octanol–water partition coefficient (Wildman–Crippen LogP) is 5.75. The first-order valence-electron chi connectivity index (χ1n) is 22.2. The molecule has 0 aromatic heterocycles. The Balaban J connectivity index is 1.18. The fourth-order valence-electron chi connectivity index (χ4n) is 8.08. The summed E-state index contributed by atoms with van der Waals surface area (Å²) in [6.07, 6.45) is 0.